The number of carbonyl (C=O) groups is 3. The van der Waals surface area contributed by atoms with Crippen molar-refractivity contribution in [3.63, 3.8) is 0 Å². The molecule has 0 atom stereocenters. The maximum Gasteiger partial charge on any atom is 0.329 e. The van der Waals surface area contributed by atoms with Gasteiger partial charge in [-0.05, 0) is 29.2 Å². The molecule has 6 heteroatoms. The summed E-state index contributed by atoms with van der Waals surface area (Å²) < 4.78 is 0. The highest BCUT2D eigenvalue weighted by atomic mass is 16.4. The zero-order valence-corrected chi connectivity index (χ0v) is 14.5. The molecule has 2 aromatic rings. The molecule has 0 aliphatic heterocycles. The van der Waals surface area contributed by atoms with Crippen LogP contribution in [-0.2, 0) is 20.8 Å². The Bertz CT molecular complexity index is 835. The SMILES string of the molecule is O=C(Cc1cccc2ccccc12)NCC(=O)NC1(C(=O)O)CCCC1. The highest BCUT2D eigenvalue weighted by Crippen LogP contribution is 2.29. The van der Waals surface area contributed by atoms with E-state index in [0.29, 0.717) is 12.8 Å². The van der Waals surface area contributed by atoms with Gasteiger partial charge in [0.25, 0.3) is 0 Å². The fraction of sp³-hybridized carbons (Fsp3) is 0.350. The Hall–Kier alpha value is -2.89. The minimum atomic E-state index is -1.18. The van der Waals surface area contributed by atoms with E-state index in [1.54, 1.807) is 0 Å². The number of amides is 2. The minimum absolute atomic E-state index is 0.165. The van der Waals surface area contributed by atoms with Crippen LogP contribution in [0.4, 0.5) is 0 Å². The Morgan fingerprint density at radius 3 is 2.38 bits per heavy atom. The minimum Gasteiger partial charge on any atom is -0.480 e. The van der Waals surface area contributed by atoms with Crippen LogP contribution in [0.5, 0.6) is 0 Å². The van der Waals surface area contributed by atoms with Crippen molar-refractivity contribution >= 4 is 28.6 Å². The molecule has 0 bridgehead atoms. The van der Waals surface area contributed by atoms with E-state index >= 15 is 0 Å². The molecular formula is C20H22N2O4. The summed E-state index contributed by atoms with van der Waals surface area (Å²) in [5, 5.41) is 16.6. The Kier molecular flexibility index (Phi) is 5.21. The molecular weight excluding hydrogens is 332 g/mol. The molecule has 2 amide bonds. The van der Waals surface area contributed by atoms with E-state index in [2.05, 4.69) is 10.6 Å². The molecule has 1 saturated carbocycles. The maximum absolute atomic E-state index is 12.2. The van der Waals surface area contributed by atoms with Crippen molar-refractivity contribution in [3.8, 4) is 0 Å². The van der Waals surface area contributed by atoms with Crippen LogP contribution in [0.1, 0.15) is 31.2 Å². The van der Waals surface area contributed by atoms with Gasteiger partial charge in [0.1, 0.15) is 5.54 Å². The van der Waals surface area contributed by atoms with Gasteiger partial charge in [-0.25, -0.2) is 4.79 Å². The molecule has 0 saturated heterocycles. The van der Waals surface area contributed by atoms with Crippen LogP contribution in [0, 0.1) is 0 Å². The topological polar surface area (TPSA) is 95.5 Å². The number of hydrogen-bond acceptors (Lipinski definition) is 3. The Labute approximate surface area is 151 Å². The van der Waals surface area contributed by atoms with Crippen LogP contribution in [0.2, 0.25) is 0 Å². The fourth-order valence-electron chi connectivity index (χ4n) is 3.54. The first-order chi connectivity index (χ1) is 12.5. The predicted octanol–water partition coefficient (Wildman–Crippen LogP) is 2.01. The molecule has 0 spiro atoms. The highest BCUT2D eigenvalue weighted by molar-refractivity contribution is 5.93. The largest absolute Gasteiger partial charge is 0.480 e. The zero-order chi connectivity index (χ0) is 18.6. The van der Waals surface area contributed by atoms with Gasteiger partial charge in [-0.15, -0.1) is 0 Å². The number of hydrogen-bond donors (Lipinski definition) is 3. The average Bonchev–Trinajstić information content (AvgIpc) is 3.10. The quantitative estimate of drug-likeness (QED) is 0.739. The molecule has 136 valence electrons. The second kappa shape index (κ2) is 7.56. The third kappa shape index (κ3) is 3.85. The number of carboxylic acids is 1. The van der Waals surface area contributed by atoms with Crippen molar-refractivity contribution < 1.29 is 19.5 Å². The molecule has 0 aromatic heterocycles. The summed E-state index contributed by atoms with van der Waals surface area (Å²) in [4.78, 5) is 35.8. The standard InChI is InChI=1S/C20H22N2O4/c23-17(12-15-8-5-7-14-6-1-2-9-16(14)15)21-13-18(24)22-20(19(25)26)10-3-4-11-20/h1-2,5-9H,3-4,10-13H2,(H,21,23)(H,22,24)(H,25,26). The van der Waals surface area contributed by atoms with Crippen molar-refractivity contribution in [1.29, 1.82) is 0 Å². The summed E-state index contributed by atoms with van der Waals surface area (Å²) >= 11 is 0. The van der Waals surface area contributed by atoms with Crippen LogP contribution in [0.25, 0.3) is 10.8 Å². The average molecular weight is 354 g/mol. The van der Waals surface area contributed by atoms with Crippen molar-refractivity contribution in [2.75, 3.05) is 6.54 Å². The summed E-state index contributed by atoms with van der Waals surface area (Å²) in [5.74, 6) is -1.75. The van der Waals surface area contributed by atoms with Crippen molar-refractivity contribution in [2.45, 2.75) is 37.6 Å². The van der Waals surface area contributed by atoms with E-state index in [9.17, 15) is 19.5 Å². The molecule has 26 heavy (non-hydrogen) atoms. The lowest BCUT2D eigenvalue weighted by Gasteiger charge is -2.25. The van der Waals surface area contributed by atoms with Gasteiger partial charge in [0, 0.05) is 0 Å². The Morgan fingerprint density at radius 1 is 0.962 bits per heavy atom. The van der Waals surface area contributed by atoms with Gasteiger partial charge >= 0.3 is 5.97 Å². The van der Waals surface area contributed by atoms with Crippen molar-refractivity contribution in [1.82, 2.24) is 10.6 Å². The Balaban J connectivity index is 1.57. The van der Waals surface area contributed by atoms with E-state index in [0.717, 1.165) is 29.2 Å². The summed E-state index contributed by atoms with van der Waals surface area (Å²) in [6.07, 6.45) is 2.58. The molecule has 1 aliphatic rings. The molecule has 2 aromatic carbocycles. The first-order valence-electron chi connectivity index (χ1n) is 8.78. The summed E-state index contributed by atoms with van der Waals surface area (Å²) in [6, 6.07) is 13.6. The van der Waals surface area contributed by atoms with E-state index in [1.807, 2.05) is 42.5 Å². The third-order valence-electron chi connectivity index (χ3n) is 4.92. The van der Waals surface area contributed by atoms with Gasteiger partial charge in [-0.1, -0.05) is 55.3 Å². The highest BCUT2D eigenvalue weighted by Gasteiger charge is 2.42. The van der Waals surface area contributed by atoms with Gasteiger partial charge in [0.05, 0.1) is 13.0 Å². The normalized spacial score (nSPS) is 15.5. The van der Waals surface area contributed by atoms with Crippen LogP contribution >= 0.6 is 0 Å². The molecule has 0 unspecified atom stereocenters. The molecule has 3 rings (SSSR count). The van der Waals surface area contributed by atoms with Crippen molar-refractivity contribution in [3.05, 3.63) is 48.0 Å². The number of rotatable bonds is 6. The number of benzene rings is 2. The lowest BCUT2D eigenvalue weighted by Crippen LogP contribution is -2.54. The van der Waals surface area contributed by atoms with E-state index in [1.165, 1.54) is 0 Å². The summed E-state index contributed by atoms with van der Waals surface area (Å²) in [7, 11) is 0. The first kappa shape index (κ1) is 17.9. The lowest BCUT2D eigenvalue weighted by molar-refractivity contribution is -0.147. The summed E-state index contributed by atoms with van der Waals surface area (Å²) in [6.45, 7) is -0.224. The number of nitrogens with one attached hydrogen (secondary N) is 2. The monoisotopic (exact) mass is 354 g/mol. The molecule has 0 radical (unpaired) electrons. The zero-order valence-electron chi connectivity index (χ0n) is 14.5. The second-order valence-corrected chi connectivity index (χ2v) is 6.73. The first-order valence-corrected chi connectivity index (χ1v) is 8.78. The Morgan fingerprint density at radius 2 is 1.65 bits per heavy atom. The van der Waals surface area contributed by atoms with E-state index in [-0.39, 0.29) is 18.9 Å². The van der Waals surface area contributed by atoms with Gasteiger partial charge < -0.3 is 15.7 Å². The van der Waals surface area contributed by atoms with E-state index < -0.39 is 17.4 Å². The summed E-state index contributed by atoms with van der Waals surface area (Å²) in [5.41, 5.74) is -0.295. The van der Waals surface area contributed by atoms with Crippen LogP contribution in [-0.4, -0.2) is 35.0 Å². The van der Waals surface area contributed by atoms with Crippen LogP contribution in [0.3, 0.4) is 0 Å². The van der Waals surface area contributed by atoms with Crippen LogP contribution in [0.15, 0.2) is 42.5 Å². The van der Waals surface area contributed by atoms with Gasteiger partial charge in [-0.2, -0.15) is 0 Å². The van der Waals surface area contributed by atoms with E-state index in [4.69, 9.17) is 0 Å². The smallest absolute Gasteiger partial charge is 0.329 e. The number of aliphatic carboxylic acids is 1. The molecule has 1 fully saturated rings. The number of carbonyl (C=O) groups excluding carboxylic acids is 2. The predicted molar refractivity (Wildman–Crippen MR) is 97.6 cm³/mol. The van der Waals surface area contributed by atoms with Gasteiger partial charge in [0.2, 0.25) is 11.8 Å². The van der Waals surface area contributed by atoms with Gasteiger partial charge in [-0.3, -0.25) is 9.59 Å². The molecule has 1 aliphatic carbocycles. The molecule has 0 heterocycles. The maximum atomic E-state index is 12.2. The molecule has 3 N–H and O–H groups in total. The van der Waals surface area contributed by atoms with Crippen LogP contribution < -0.4 is 10.6 Å². The lowest BCUT2D eigenvalue weighted by atomic mass is 9.98. The second-order valence-electron chi connectivity index (χ2n) is 6.73. The van der Waals surface area contributed by atoms with Gasteiger partial charge in [0.15, 0.2) is 0 Å². The van der Waals surface area contributed by atoms with Crippen molar-refractivity contribution in [2.24, 2.45) is 0 Å². The number of carboxylic acid groups (broad SMARTS) is 1. The molecule has 6 nitrogen and oxygen atoms in total. The third-order valence-corrected chi connectivity index (χ3v) is 4.92. The fourth-order valence-corrected chi connectivity index (χ4v) is 3.54. The number of fused-ring (bicyclic) bond motifs is 1.